The molecule has 0 spiro atoms. The summed E-state index contributed by atoms with van der Waals surface area (Å²) in [6.45, 7) is 6.12. The van der Waals surface area contributed by atoms with Crippen LogP contribution in [0.5, 0.6) is 0 Å². The van der Waals surface area contributed by atoms with Crippen molar-refractivity contribution in [1.29, 1.82) is 0 Å². The number of amides is 1. The van der Waals surface area contributed by atoms with Gasteiger partial charge in [-0.3, -0.25) is 4.79 Å². The normalized spacial score (nSPS) is 12.5. The van der Waals surface area contributed by atoms with Crippen molar-refractivity contribution in [3.63, 3.8) is 0 Å². The monoisotopic (exact) mass is 269 g/mol. The van der Waals surface area contributed by atoms with E-state index in [1.54, 1.807) is 18.2 Å². The van der Waals surface area contributed by atoms with Crippen LogP contribution in [0.4, 0.5) is 4.39 Å². The first-order valence-electron chi connectivity index (χ1n) is 6.11. The Bertz CT molecular complexity index is 395. The van der Waals surface area contributed by atoms with Gasteiger partial charge in [0.15, 0.2) is 0 Å². The average Bonchev–Trinajstić information content (AvgIpc) is 2.31. The first-order valence-corrected chi connectivity index (χ1v) is 7.26. The lowest BCUT2D eigenvalue weighted by molar-refractivity contribution is -0.119. The topological polar surface area (TPSA) is 29.1 Å². The van der Waals surface area contributed by atoms with E-state index in [9.17, 15) is 9.18 Å². The number of rotatable bonds is 6. The molecule has 2 nitrogen and oxygen atoms in total. The minimum Gasteiger partial charge on any atom is -0.353 e. The van der Waals surface area contributed by atoms with E-state index < -0.39 is 0 Å². The van der Waals surface area contributed by atoms with E-state index in [4.69, 9.17) is 0 Å². The molecule has 0 aliphatic rings. The van der Waals surface area contributed by atoms with Crippen LogP contribution in [0.2, 0.25) is 0 Å². The molecule has 100 valence electrons. The van der Waals surface area contributed by atoms with Crippen molar-refractivity contribution in [3.8, 4) is 0 Å². The highest BCUT2D eigenvalue weighted by molar-refractivity contribution is 7.99. The largest absolute Gasteiger partial charge is 0.353 e. The van der Waals surface area contributed by atoms with Crippen molar-refractivity contribution < 1.29 is 9.18 Å². The Kier molecular flexibility index (Phi) is 6.19. The number of thioether (sulfide) groups is 1. The SMILES string of the molecule is CC(C)[C@H](C)NC(=O)CSCc1ccccc1F. The first kappa shape index (κ1) is 15.0. The van der Waals surface area contributed by atoms with Gasteiger partial charge in [-0.1, -0.05) is 32.0 Å². The number of hydrogen-bond donors (Lipinski definition) is 1. The van der Waals surface area contributed by atoms with Gasteiger partial charge in [0, 0.05) is 11.8 Å². The van der Waals surface area contributed by atoms with Crippen LogP contribution < -0.4 is 5.32 Å². The molecule has 0 aliphatic carbocycles. The van der Waals surface area contributed by atoms with Gasteiger partial charge in [0.05, 0.1) is 5.75 Å². The van der Waals surface area contributed by atoms with E-state index >= 15 is 0 Å². The predicted molar refractivity (Wildman–Crippen MR) is 75.0 cm³/mol. The number of nitrogens with one attached hydrogen (secondary N) is 1. The van der Waals surface area contributed by atoms with E-state index in [-0.39, 0.29) is 17.8 Å². The summed E-state index contributed by atoms with van der Waals surface area (Å²) in [6, 6.07) is 6.83. The Morgan fingerprint density at radius 3 is 2.61 bits per heavy atom. The van der Waals surface area contributed by atoms with Gasteiger partial charge >= 0.3 is 0 Å². The highest BCUT2D eigenvalue weighted by atomic mass is 32.2. The minimum atomic E-state index is -0.207. The van der Waals surface area contributed by atoms with Crippen LogP contribution in [0.1, 0.15) is 26.3 Å². The molecule has 0 radical (unpaired) electrons. The molecule has 0 aliphatic heterocycles. The highest BCUT2D eigenvalue weighted by Gasteiger charge is 2.10. The number of hydrogen-bond acceptors (Lipinski definition) is 2. The smallest absolute Gasteiger partial charge is 0.230 e. The summed E-state index contributed by atoms with van der Waals surface area (Å²) in [6.07, 6.45) is 0. The van der Waals surface area contributed by atoms with Gasteiger partial charge in [0.25, 0.3) is 0 Å². The lowest BCUT2D eigenvalue weighted by Gasteiger charge is -2.17. The van der Waals surface area contributed by atoms with Crippen LogP contribution >= 0.6 is 11.8 Å². The van der Waals surface area contributed by atoms with Crippen LogP contribution in [0.3, 0.4) is 0 Å². The molecule has 1 aromatic rings. The third-order valence-corrected chi connectivity index (χ3v) is 3.82. The minimum absolute atomic E-state index is 0.0116. The van der Waals surface area contributed by atoms with Crippen molar-refractivity contribution in [1.82, 2.24) is 5.32 Å². The summed E-state index contributed by atoms with van der Waals surface area (Å²) >= 11 is 1.43. The molecular weight excluding hydrogens is 249 g/mol. The van der Waals surface area contributed by atoms with Crippen LogP contribution in [-0.2, 0) is 10.5 Å². The van der Waals surface area contributed by atoms with Gasteiger partial charge in [-0.05, 0) is 24.5 Å². The zero-order valence-corrected chi connectivity index (χ0v) is 11.9. The van der Waals surface area contributed by atoms with Crippen molar-refractivity contribution in [3.05, 3.63) is 35.6 Å². The van der Waals surface area contributed by atoms with E-state index in [1.807, 2.05) is 6.92 Å². The van der Waals surface area contributed by atoms with Crippen molar-refractivity contribution in [2.75, 3.05) is 5.75 Å². The summed E-state index contributed by atoms with van der Waals surface area (Å²) in [5.41, 5.74) is 0.646. The van der Waals surface area contributed by atoms with Gasteiger partial charge in [-0.2, -0.15) is 0 Å². The summed E-state index contributed by atoms with van der Waals surface area (Å²) in [5.74, 6) is 1.12. The maximum atomic E-state index is 13.3. The molecule has 0 saturated heterocycles. The summed E-state index contributed by atoms with van der Waals surface area (Å²) < 4.78 is 13.3. The summed E-state index contributed by atoms with van der Waals surface area (Å²) in [4.78, 5) is 11.6. The fourth-order valence-electron chi connectivity index (χ4n) is 1.33. The molecule has 1 aromatic carbocycles. The second kappa shape index (κ2) is 7.41. The quantitative estimate of drug-likeness (QED) is 0.859. The molecule has 0 saturated carbocycles. The van der Waals surface area contributed by atoms with Gasteiger partial charge in [-0.15, -0.1) is 11.8 Å². The Morgan fingerprint density at radius 1 is 1.33 bits per heavy atom. The molecule has 18 heavy (non-hydrogen) atoms. The van der Waals surface area contributed by atoms with Crippen molar-refractivity contribution in [2.24, 2.45) is 5.92 Å². The molecular formula is C14H20FNOS. The molecule has 1 atom stereocenters. The second-order valence-corrected chi connectivity index (χ2v) is 5.67. The van der Waals surface area contributed by atoms with E-state index in [0.717, 1.165) is 0 Å². The molecule has 4 heteroatoms. The van der Waals surface area contributed by atoms with Gasteiger partial charge < -0.3 is 5.32 Å². The Hall–Kier alpha value is -1.03. The van der Waals surface area contributed by atoms with Crippen LogP contribution in [0, 0.1) is 11.7 Å². The highest BCUT2D eigenvalue weighted by Crippen LogP contribution is 2.15. The molecule has 0 heterocycles. The summed E-state index contributed by atoms with van der Waals surface area (Å²) in [7, 11) is 0. The first-order chi connectivity index (χ1) is 8.50. The molecule has 0 fully saturated rings. The lowest BCUT2D eigenvalue weighted by Crippen LogP contribution is -2.37. The predicted octanol–water partition coefficient (Wildman–Crippen LogP) is 3.22. The fraction of sp³-hybridized carbons (Fsp3) is 0.500. The third kappa shape index (κ3) is 5.08. The van der Waals surface area contributed by atoms with E-state index in [1.165, 1.54) is 17.8 Å². The number of carbonyl (C=O) groups is 1. The Labute approximate surface area is 112 Å². The molecule has 1 amide bonds. The number of carbonyl (C=O) groups excluding carboxylic acids is 1. The van der Waals surface area contributed by atoms with Crippen molar-refractivity contribution >= 4 is 17.7 Å². The maximum Gasteiger partial charge on any atom is 0.230 e. The number of benzene rings is 1. The molecule has 1 rings (SSSR count). The van der Waals surface area contributed by atoms with Crippen LogP contribution in [0.25, 0.3) is 0 Å². The molecule has 0 unspecified atom stereocenters. The fourth-order valence-corrected chi connectivity index (χ4v) is 2.16. The standard InChI is InChI=1S/C14H20FNOS/c1-10(2)11(3)16-14(17)9-18-8-12-6-4-5-7-13(12)15/h4-7,10-11H,8-9H2,1-3H3,(H,16,17)/t11-/m0/s1. The summed E-state index contributed by atoms with van der Waals surface area (Å²) in [5, 5.41) is 2.93. The van der Waals surface area contributed by atoms with Crippen LogP contribution in [0.15, 0.2) is 24.3 Å². The maximum absolute atomic E-state index is 13.3. The number of halogens is 1. The molecule has 1 N–H and O–H groups in total. The molecule has 0 bridgehead atoms. The average molecular weight is 269 g/mol. The molecule has 0 aromatic heterocycles. The Morgan fingerprint density at radius 2 is 2.00 bits per heavy atom. The second-order valence-electron chi connectivity index (χ2n) is 4.68. The van der Waals surface area contributed by atoms with Gasteiger partial charge in [-0.25, -0.2) is 4.39 Å². The Balaban J connectivity index is 2.30. The zero-order valence-electron chi connectivity index (χ0n) is 11.1. The van der Waals surface area contributed by atoms with Gasteiger partial charge in [0.1, 0.15) is 5.82 Å². The third-order valence-electron chi connectivity index (χ3n) is 2.84. The van der Waals surface area contributed by atoms with E-state index in [2.05, 4.69) is 19.2 Å². The van der Waals surface area contributed by atoms with Crippen molar-refractivity contribution in [2.45, 2.75) is 32.6 Å². The van der Waals surface area contributed by atoms with Gasteiger partial charge in [0.2, 0.25) is 5.91 Å². The van der Waals surface area contributed by atoms with E-state index in [0.29, 0.717) is 23.0 Å². The van der Waals surface area contributed by atoms with Crippen LogP contribution in [-0.4, -0.2) is 17.7 Å². The zero-order chi connectivity index (χ0) is 13.5. The lowest BCUT2D eigenvalue weighted by atomic mass is 10.1.